The summed E-state index contributed by atoms with van der Waals surface area (Å²) in [5.74, 6) is 0.935. The first-order chi connectivity index (χ1) is 9.26. The molecule has 2 nitrogen and oxygen atoms in total. The molecule has 2 heteroatoms. The first-order valence-corrected chi connectivity index (χ1v) is 8.65. The molecule has 2 aliphatic heterocycles. The molecule has 0 spiro atoms. The molecule has 0 aromatic carbocycles. The van der Waals surface area contributed by atoms with Crippen LogP contribution in [0.1, 0.15) is 71.1 Å². The van der Waals surface area contributed by atoms with Crippen LogP contribution in [0, 0.1) is 5.92 Å². The molecule has 0 amide bonds. The van der Waals surface area contributed by atoms with Crippen LogP contribution in [0.2, 0.25) is 0 Å². The number of rotatable bonds is 8. The van der Waals surface area contributed by atoms with Gasteiger partial charge in [0.2, 0.25) is 0 Å². The molecule has 1 N–H and O–H groups in total. The van der Waals surface area contributed by atoms with Gasteiger partial charge in [0.25, 0.3) is 0 Å². The molecule has 2 bridgehead atoms. The molecule has 3 atom stereocenters. The Labute approximate surface area is 120 Å². The summed E-state index contributed by atoms with van der Waals surface area (Å²) in [5, 5.41) is 3.63. The van der Waals surface area contributed by atoms with Crippen molar-refractivity contribution in [3.8, 4) is 0 Å². The second-order valence-electron chi connectivity index (χ2n) is 6.88. The van der Waals surface area contributed by atoms with E-state index in [1.165, 1.54) is 64.2 Å². The first-order valence-electron chi connectivity index (χ1n) is 8.65. The molecule has 2 heterocycles. The maximum absolute atomic E-state index is 3.63. The lowest BCUT2D eigenvalue weighted by Crippen LogP contribution is -2.46. The Balaban J connectivity index is 1.72. The molecular formula is C17H34N2. The summed E-state index contributed by atoms with van der Waals surface area (Å²) in [6.45, 7) is 2.30. The Morgan fingerprint density at radius 2 is 1.68 bits per heavy atom. The highest BCUT2D eigenvalue weighted by molar-refractivity contribution is 4.96. The summed E-state index contributed by atoms with van der Waals surface area (Å²) < 4.78 is 0. The van der Waals surface area contributed by atoms with Crippen molar-refractivity contribution in [1.29, 1.82) is 0 Å². The molecule has 0 radical (unpaired) electrons. The average molecular weight is 266 g/mol. The number of nitrogens with zero attached hydrogens (tertiary/aromatic N) is 1. The minimum atomic E-state index is 0.776. The van der Waals surface area contributed by atoms with Crippen LogP contribution < -0.4 is 5.32 Å². The molecule has 2 aliphatic rings. The average Bonchev–Trinajstić information content (AvgIpc) is 2.66. The molecule has 2 saturated heterocycles. The van der Waals surface area contributed by atoms with Crippen LogP contribution in [0.5, 0.6) is 0 Å². The predicted molar refractivity (Wildman–Crippen MR) is 83.5 cm³/mol. The van der Waals surface area contributed by atoms with Crippen LogP contribution in [0.4, 0.5) is 0 Å². The van der Waals surface area contributed by atoms with Crippen LogP contribution in [0.3, 0.4) is 0 Å². The van der Waals surface area contributed by atoms with Gasteiger partial charge in [-0.25, -0.2) is 0 Å². The largest absolute Gasteiger partial charge is 0.317 e. The van der Waals surface area contributed by atoms with Crippen LogP contribution in [-0.2, 0) is 0 Å². The summed E-state index contributed by atoms with van der Waals surface area (Å²) in [6.07, 6.45) is 14.2. The molecule has 112 valence electrons. The highest BCUT2D eigenvalue weighted by atomic mass is 15.2. The standard InChI is InChI=1S/C17H34N2/c1-4-5-6-7-8-9-17(18-2)14-12-15-10-11-16(13-14)19(15)3/h14-18H,4-13H2,1-3H3. The van der Waals surface area contributed by atoms with Crippen molar-refractivity contribution in [2.24, 2.45) is 5.92 Å². The Morgan fingerprint density at radius 3 is 2.26 bits per heavy atom. The Kier molecular flexibility index (Phi) is 6.15. The fourth-order valence-corrected chi connectivity index (χ4v) is 4.37. The number of hydrogen-bond donors (Lipinski definition) is 1. The molecule has 2 rings (SSSR count). The quantitative estimate of drug-likeness (QED) is 0.672. The zero-order valence-corrected chi connectivity index (χ0v) is 13.3. The van der Waals surface area contributed by atoms with Gasteiger partial charge in [-0.3, -0.25) is 0 Å². The zero-order chi connectivity index (χ0) is 13.7. The van der Waals surface area contributed by atoms with E-state index >= 15 is 0 Å². The van der Waals surface area contributed by atoms with E-state index in [4.69, 9.17) is 0 Å². The van der Waals surface area contributed by atoms with Crippen molar-refractivity contribution in [2.75, 3.05) is 14.1 Å². The number of piperidine rings is 1. The minimum absolute atomic E-state index is 0.776. The van der Waals surface area contributed by atoms with Gasteiger partial charge in [-0.15, -0.1) is 0 Å². The van der Waals surface area contributed by atoms with Crippen molar-refractivity contribution in [2.45, 2.75) is 89.3 Å². The molecule has 3 unspecified atom stereocenters. The molecule has 0 aromatic heterocycles. The van der Waals surface area contributed by atoms with Gasteiger partial charge in [-0.1, -0.05) is 39.0 Å². The van der Waals surface area contributed by atoms with Gasteiger partial charge < -0.3 is 10.2 Å². The molecular weight excluding hydrogens is 232 g/mol. The van der Waals surface area contributed by atoms with Gasteiger partial charge >= 0.3 is 0 Å². The smallest absolute Gasteiger partial charge is 0.00989 e. The van der Waals surface area contributed by atoms with Gasteiger partial charge in [0.05, 0.1) is 0 Å². The highest BCUT2D eigenvalue weighted by Crippen LogP contribution is 2.39. The Bertz CT molecular complexity index is 240. The van der Waals surface area contributed by atoms with Crippen molar-refractivity contribution in [3.05, 3.63) is 0 Å². The fraction of sp³-hybridized carbons (Fsp3) is 1.00. The summed E-state index contributed by atoms with van der Waals surface area (Å²) in [6, 6.07) is 2.55. The van der Waals surface area contributed by atoms with E-state index in [1.807, 2.05) is 0 Å². The monoisotopic (exact) mass is 266 g/mol. The molecule has 19 heavy (non-hydrogen) atoms. The third kappa shape index (κ3) is 3.95. The molecule has 0 aromatic rings. The van der Waals surface area contributed by atoms with Crippen LogP contribution in [0.25, 0.3) is 0 Å². The predicted octanol–water partition coefficient (Wildman–Crippen LogP) is 3.81. The van der Waals surface area contributed by atoms with E-state index in [0.29, 0.717) is 0 Å². The molecule has 0 saturated carbocycles. The van der Waals surface area contributed by atoms with Gasteiger partial charge in [-0.05, 0) is 52.1 Å². The third-order valence-corrected chi connectivity index (χ3v) is 5.69. The van der Waals surface area contributed by atoms with Crippen molar-refractivity contribution in [1.82, 2.24) is 10.2 Å². The first kappa shape index (κ1) is 15.3. The van der Waals surface area contributed by atoms with Crippen LogP contribution in [0.15, 0.2) is 0 Å². The van der Waals surface area contributed by atoms with Gasteiger partial charge in [0, 0.05) is 18.1 Å². The van der Waals surface area contributed by atoms with E-state index in [-0.39, 0.29) is 0 Å². The van der Waals surface area contributed by atoms with Gasteiger partial charge in [0.15, 0.2) is 0 Å². The number of fused-ring (bicyclic) bond motifs is 2. The minimum Gasteiger partial charge on any atom is -0.317 e. The van der Waals surface area contributed by atoms with E-state index in [9.17, 15) is 0 Å². The van der Waals surface area contributed by atoms with Crippen LogP contribution >= 0.6 is 0 Å². The topological polar surface area (TPSA) is 15.3 Å². The Hall–Kier alpha value is -0.0800. The van der Waals surface area contributed by atoms with Crippen molar-refractivity contribution in [3.63, 3.8) is 0 Å². The number of nitrogens with one attached hydrogen (secondary N) is 1. The molecule has 0 aliphatic carbocycles. The highest BCUT2D eigenvalue weighted by Gasteiger charge is 2.40. The fourth-order valence-electron chi connectivity index (χ4n) is 4.37. The normalized spacial score (nSPS) is 32.7. The summed E-state index contributed by atoms with van der Waals surface area (Å²) in [5.41, 5.74) is 0. The lowest BCUT2D eigenvalue weighted by atomic mass is 9.83. The lowest BCUT2D eigenvalue weighted by molar-refractivity contribution is 0.111. The SMILES string of the molecule is CCCCCCCC(NC)C1CC2CCC(C1)N2C. The summed E-state index contributed by atoms with van der Waals surface area (Å²) >= 11 is 0. The number of unbranched alkanes of at least 4 members (excludes halogenated alkanes) is 4. The van der Waals surface area contributed by atoms with Crippen LogP contribution in [-0.4, -0.2) is 37.1 Å². The van der Waals surface area contributed by atoms with Crippen molar-refractivity contribution >= 4 is 0 Å². The van der Waals surface area contributed by atoms with E-state index < -0.39 is 0 Å². The van der Waals surface area contributed by atoms with Gasteiger partial charge in [-0.2, -0.15) is 0 Å². The lowest BCUT2D eigenvalue weighted by Gasteiger charge is -2.40. The summed E-state index contributed by atoms with van der Waals surface area (Å²) in [7, 11) is 4.52. The number of hydrogen-bond acceptors (Lipinski definition) is 2. The molecule has 2 fully saturated rings. The third-order valence-electron chi connectivity index (χ3n) is 5.69. The van der Waals surface area contributed by atoms with E-state index in [2.05, 4.69) is 31.2 Å². The zero-order valence-electron chi connectivity index (χ0n) is 13.3. The van der Waals surface area contributed by atoms with E-state index in [0.717, 1.165) is 24.0 Å². The maximum Gasteiger partial charge on any atom is 0.00989 e. The van der Waals surface area contributed by atoms with Crippen molar-refractivity contribution < 1.29 is 0 Å². The Morgan fingerprint density at radius 1 is 1.05 bits per heavy atom. The maximum atomic E-state index is 3.63. The van der Waals surface area contributed by atoms with E-state index in [1.54, 1.807) is 0 Å². The second kappa shape index (κ2) is 7.64. The van der Waals surface area contributed by atoms with Gasteiger partial charge in [0.1, 0.15) is 0 Å². The second-order valence-corrected chi connectivity index (χ2v) is 6.88. The summed E-state index contributed by atoms with van der Waals surface area (Å²) in [4.78, 5) is 2.66.